The molecule has 1 fully saturated rings. The Morgan fingerprint density at radius 3 is 2.74 bits per heavy atom. The van der Waals surface area contributed by atoms with Gasteiger partial charge >= 0.3 is 0 Å². The molecule has 0 atom stereocenters. The third-order valence-corrected chi connectivity index (χ3v) is 5.06. The van der Waals surface area contributed by atoms with Crippen molar-refractivity contribution < 1.29 is 0 Å². The maximum absolute atomic E-state index is 4.27. The molecule has 1 aromatic carbocycles. The van der Waals surface area contributed by atoms with Crippen LogP contribution in [-0.2, 0) is 0 Å². The Kier molecular flexibility index (Phi) is 3.87. The average molecular weight is 273 g/mol. The van der Waals surface area contributed by atoms with E-state index in [2.05, 4.69) is 40.0 Å². The summed E-state index contributed by atoms with van der Waals surface area (Å²) < 4.78 is 0. The molecule has 0 aliphatic heterocycles. The molecule has 4 heteroatoms. The van der Waals surface area contributed by atoms with Crippen molar-refractivity contribution in [3.8, 4) is 0 Å². The summed E-state index contributed by atoms with van der Waals surface area (Å²) in [6.07, 6.45) is 9.11. The lowest BCUT2D eigenvalue weighted by Gasteiger charge is -2.28. The Morgan fingerprint density at radius 1 is 1.16 bits per heavy atom. The molecule has 1 aliphatic rings. The second-order valence-corrected chi connectivity index (χ2v) is 6.27. The van der Waals surface area contributed by atoms with Crippen LogP contribution in [0.2, 0.25) is 0 Å². The van der Waals surface area contributed by atoms with Gasteiger partial charge < -0.3 is 5.32 Å². The molecule has 1 N–H and O–H groups in total. The van der Waals surface area contributed by atoms with Crippen molar-refractivity contribution in [2.24, 2.45) is 0 Å². The molecule has 0 spiro atoms. The minimum atomic E-state index is 0.545. The number of hydrogen-bond acceptors (Lipinski definition) is 4. The number of thioether (sulfide) groups is 1. The summed E-state index contributed by atoms with van der Waals surface area (Å²) >= 11 is 2.00. The zero-order chi connectivity index (χ0) is 13.1. The zero-order valence-corrected chi connectivity index (χ0v) is 12.0. The van der Waals surface area contributed by atoms with Crippen LogP contribution in [0, 0.1) is 0 Å². The summed E-state index contributed by atoms with van der Waals surface area (Å²) in [5.41, 5.74) is 0. The van der Waals surface area contributed by atoms with Crippen molar-refractivity contribution in [2.45, 2.75) is 37.0 Å². The Bertz CT molecular complexity index is 545. The van der Waals surface area contributed by atoms with E-state index in [0.717, 1.165) is 16.5 Å². The summed E-state index contributed by atoms with van der Waals surface area (Å²) in [7, 11) is 0. The van der Waals surface area contributed by atoms with Gasteiger partial charge in [-0.3, -0.25) is 0 Å². The van der Waals surface area contributed by atoms with E-state index < -0.39 is 0 Å². The molecule has 2 aromatic rings. The lowest BCUT2D eigenvalue weighted by Crippen LogP contribution is -2.27. The summed E-state index contributed by atoms with van der Waals surface area (Å²) in [5, 5.41) is 15.1. The predicted octanol–water partition coefficient (Wildman–Crippen LogP) is 3.72. The van der Waals surface area contributed by atoms with Crippen molar-refractivity contribution >= 4 is 28.4 Å². The molecular formula is C15H19N3S. The van der Waals surface area contributed by atoms with Gasteiger partial charge in [-0.2, -0.15) is 16.9 Å². The van der Waals surface area contributed by atoms with E-state index in [4.69, 9.17) is 0 Å². The highest BCUT2D eigenvalue weighted by Gasteiger charge is 2.21. The lowest BCUT2D eigenvalue weighted by atomic mass is 9.95. The van der Waals surface area contributed by atoms with E-state index in [1.807, 2.05) is 24.0 Å². The minimum Gasteiger partial charge on any atom is -0.365 e. The predicted molar refractivity (Wildman–Crippen MR) is 82.7 cm³/mol. The molecule has 0 unspecified atom stereocenters. The highest BCUT2D eigenvalue weighted by molar-refractivity contribution is 7.99. The van der Waals surface area contributed by atoms with E-state index >= 15 is 0 Å². The fourth-order valence-electron chi connectivity index (χ4n) is 2.77. The maximum atomic E-state index is 4.27. The Balaban J connectivity index is 1.75. The molecule has 0 radical (unpaired) electrons. The van der Waals surface area contributed by atoms with Crippen LogP contribution >= 0.6 is 11.8 Å². The van der Waals surface area contributed by atoms with Crippen molar-refractivity contribution in [2.75, 3.05) is 11.6 Å². The van der Waals surface area contributed by atoms with Crippen LogP contribution in [0.4, 0.5) is 5.82 Å². The lowest BCUT2D eigenvalue weighted by molar-refractivity contribution is 0.472. The van der Waals surface area contributed by atoms with Gasteiger partial charge in [0.05, 0.1) is 6.20 Å². The fourth-order valence-corrected chi connectivity index (χ4v) is 3.51. The second-order valence-electron chi connectivity index (χ2n) is 5.13. The molecule has 1 saturated carbocycles. The molecule has 3 rings (SSSR count). The summed E-state index contributed by atoms with van der Waals surface area (Å²) in [4.78, 5) is 0. The van der Waals surface area contributed by atoms with Gasteiger partial charge in [-0.15, -0.1) is 5.10 Å². The van der Waals surface area contributed by atoms with E-state index in [9.17, 15) is 0 Å². The number of fused-ring (bicyclic) bond motifs is 1. The molecule has 1 aliphatic carbocycles. The van der Waals surface area contributed by atoms with Crippen molar-refractivity contribution in [1.82, 2.24) is 10.2 Å². The first-order valence-electron chi connectivity index (χ1n) is 6.86. The van der Waals surface area contributed by atoms with Gasteiger partial charge in [0.1, 0.15) is 0 Å². The first-order chi connectivity index (χ1) is 9.36. The molecule has 19 heavy (non-hydrogen) atoms. The van der Waals surface area contributed by atoms with Gasteiger partial charge in [0, 0.05) is 22.1 Å². The van der Waals surface area contributed by atoms with E-state index in [1.165, 1.54) is 31.1 Å². The van der Waals surface area contributed by atoms with Gasteiger partial charge in [0.15, 0.2) is 5.82 Å². The normalized spacial score (nSPS) is 23.4. The van der Waals surface area contributed by atoms with Crippen LogP contribution < -0.4 is 5.32 Å². The van der Waals surface area contributed by atoms with Crippen LogP contribution in [0.3, 0.4) is 0 Å². The maximum Gasteiger partial charge on any atom is 0.156 e. The first-order valence-corrected chi connectivity index (χ1v) is 8.15. The smallest absolute Gasteiger partial charge is 0.156 e. The molecule has 0 saturated heterocycles. The van der Waals surface area contributed by atoms with E-state index in [1.54, 1.807) is 0 Å². The molecule has 3 nitrogen and oxygen atoms in total. The topological polar surface area (TPSA) is 37.8 Å². The largest absolute Gasteiger partial charge is 0.365 e. The summed E-state index contributed by atoms with van der Waals surface area (Å²) in [5.74, 6) is 0.936. The number of nitrogens with one attached hydrogen (secondary N) is 1. The number of benzene rings is 1. The number of anilines is 1. The number of hydrogen-bond donors (Lipinski definition) is 1. The Hall–Kier alpha value is -1.29. The Morgan fingerprint density at radius 2 is 1.95 bits per heavy atom. The quantitative estimate of drug-likeness (QED) is 0.925. The standard InChI is InChI=1S/C15H19N3S/c1-19-13-8-6-12(7-9-13)17-15-14-5-3-2-4-11(14)10-16-18-15/h2-5,10,12-13H,6-9H2,1H3,(H,17,18). The summed E-state index contributed by atoms with van der Waals surface area (Å²) in [6, 6.07) is 8.83. The molecular weight excluding hydrogens is 254 g/mol. The number of rotatable bonds is 3. The zero-order valence-electron chi connectivity index (χ0n) is 11.2. The monoisotopic (exact) mass is 273 g/mol. The third-order valence-electron chi connectivity index (χ3n) is 3.92. The van der Waals surface area contributed by atoms with Crippen molar-refractivity contribution in [1.29, 1.82) is 0 Å². The van der Waals surface area contributed by atoms with Crippen LogP contribution in [0.15, 0.2) is 30.5 Å². The second kappa shape index (κ2) is 5.78. The van der Waals surface area contributed by atoms with Crippen molar-refractivity contribution in [3.05, 3.63) is 30.5 Å². The number of aromatic nitrogens is 2. The fraction of sp³-hybridized carbons (Fsp3) is 0.467. The van der Waals surface area contributed by atoms with Crippen LogP contribution in [0.1, 0.15) is 25.7 Å². The van der Waals surface area contributed by atoms with E-state index in [0.29, 0.717) is 6.04 Å². The van der Waals surface area contributed by atoms with Gasteiger partial charge in [0.2, 0.25) is 0 Å². The highest BCUT2D eigenvalue weighted by Crippen LogP contribution is 2.29. The molecule has 1 aromatic heterocycles. The van der Waals surface area contributed by atoms with Gasteiger partial charge in [0.25, 0.3) is 0 Å². The third kappa shape index (κ3) is 2.84. The van der Waals surface area contributed by atoms with Crippen molar-refractivity contribution in [3.63, 3.8) is 0 Å². The van der Waals surface area contributed by atoms with Crippen LogP contribution in [0.5, 0.6) is 0 Å². The highest BCUT2D eigenvalue weighted by atomic mass is 32.2. The van der Waals surface area contributed by atoms with Gasteiger partial charge in [-0.1, -0.05) is 24.3 Å². The van der Waals surface area contributed by atoms with E-state index in [-0.39, 0.29) is 0 Å². The Labute approximate surface area is 118 Å². The molecule has 100 valence electrons. The molecule has 0 amide bonds. The van der Waals surface area contributed by atoms with Gasteiger partial charge in [-0.05, 0) is 31.9 Å². The number of nitrogens with zero attached hydrogens (tertiary/aromatic N) is 2. The first kappa shape index (κ1) is 12.7. The molecule has 0 bridgehead atoms. The summed E-state index contributed by atoms with van der Waals surface area (Å²) in [6.45, 7) is 0. The van der Waals surface area contributed by atoms with Crippen LogP contribution in [0.25, 0.3) is 10.8 Å². The SMILES string of the molecule is CSC1CCC(Nc2nncc3ccccc23)CC1. The molecule has 1 heterocycles. The minimum absolute atomic E-state index is 0.545. The average Bonchev–Trinajstić information content (AvgIpc) is 2.48. The van der Waals surface area contributed by atoms with Gasteiger partial charge in [-0.25, -0.2) is 0 Å². The van der Waals surface area contributed by atoms with Crippen LogP contribution in [-0.4, -0.2) is 27.7 Å².